The summed E-state index contributed by atoms with van der Waals surface area (Å²) in [5, 5.41) is 0.684. The van der Waals surface area contributed by atoms with Gasteiger partial charge < -0.3 is 14.6 Å². The highest BCUT2D eigenvalue weighted by Gasteiger charge is 2.24. The molecule has 94 valence electrons. The second-order valence-corrected chi connectivity index (χ2v) is 4.86. The number of aromatic amines is 1. The van der Waals surface area contributed by atoms with E-state index < -0.39 is 0 Å². The second-order valence-electron chi connectivity index (χ2n) is 4.07. The molecule has 2 heterocycles. The summed E-state index contributed by atoms with van der Waals surface area (Å²) in [7, 11) is 1.70. The van der Waals surface area contributed by atoms with E-state index in [1.54, 1.807) is 18.1 Å². The van der Waals surface area contributed by atoms with Crippen LogP contribution in [0, 0.1) is 0 Å². The van der Waals surface area contributed by atoms with Crippen LogP contribution < -0.4 is 0 Å². The van der Waals surface area contributed by atoms with E-state index >= 15 is 0 Å². The number of carbonyl (C=O) groups is 1. The fourth-order valence-corrected chi connectivity index (χ4v) is 2.30. The average Bonchev–Trinajstić information content (AvgIpc) is 2.69. The molecule has 1 aromatic rings. The maximum Gasteiger partial charge on any atom is 0.270 e. The fraction of sp³-hybridized carbons (Fsp3) is 0.545. The molecule has 0 saturated carbocycles. The smallest absolute Gasteiger partial charge is 0.270 e. The highest BCUT2D eigenvalue weighted by molar-refractivity contribution is 6.41. The van der Waals surface area contributed by atoms with E-state index in [-0.39, 0.29) is 12.0 Å². The van der Waals surface area contributed by atoms with E-state index in [0.29, 0.717) is 29.0 Å². The van der Waals surface area contributed by atoms with Crippen molar-refractivity contribution in [2.45, 2.75) is 18.9 Å². The summed E-state index contributed by atoms with van der Waals surface area (Å²) in [4.78, 5) is 16.7. The summed E-state index contributed by atoms with van der Waals surface area (Å²) >= 11 is 11.6. The summed E-state index contributed by atoms with van der Waals surface area (Å²) in [6.45, 7) is 1.40. The number of carbonyl (C=O) groups excluding carboxylic acids is 1. The van der Waals surface area contributed by atoms with Crippen molar-refractivity contribution >= 4 is 29.1 Å². The van der Waals surface area contributed by atoms with Crippen molar-refractivity contribution in [2.24, 2.45) is 0 Å². The molecule has 0 spiro atoms. The van der Waals surface area contributed by atoms with Gasteiger partial charge in [0.15, 0.2) is 0 Å². The molecule has 0 unspecified atom stereocenters. The number of hydrogen-bond donors (Lipinski definition) is 1. The number of piperidine rings is 1. The standard InChI is InChI=1S/C11H14Cl2N2O2/c1-17-7-2-4-15(5-3-7)11(16)9-6-8(12)10(13)14-9/h6-7,14H,2-5H2,1H3. The Balaban J connectivity index is 2.01. The highest BCUT2D eigenvalue weighted by Crippen LogP contribution is 2.23. The molecule has 0 aliphatic carbocycles. The van der Waals surface area contributed by atoms with Crippen molar-refractivity contribution in [1.29, 1.82) is 0 Å². The molecule has 6 heteroatoms. The van der Waals surface area contributed by atoms with Gasteiger partial charge in [0.1, 0.15) is 10.8 Å². The first-order chi connectivity index (χ1) is 8.11. The van der Waals surface area contributed by atoms with Gasteiger partial charge in [0.2, 0.25) is 0 Å². The van der Waals surface area contributed by atoms with Gasteiger partial charge in [-0.2, -0.15) is 0 Å². The van der Waals surface area contributed by atoms with Gasteiger partial charge in [-0.1, -0.05) is 23.2 Å². The molecule has 0 atom stereocenters. The summed E-state index contributed by atoms with van der Waals surface area (Å²) in [6.07, 6.45) is 1.99. The zero-order chi connectivity index (χ0) is 12.4. The van der Waals surface area contributed by atoms with Gasteiger partial charge in [-0.3, -0.25) is 4.79 Å². The summed E-state index contributed by atoms with van der Waals surface area (Å²) < 4.78 is 5.26. The van der Waals surface area contributed by atoms with Gasteiger partial charge in [-0.25, -0.2) is 0 Å². The van der Waals surface area contributed by atoms with E-state index in [2.05, 4.69) is 4.98 Å². The Bertz CT molecular complexity index is 392. The molecule has 1 fully saturated rings. The van der Waals surface area contributed by atoms with Gasteiger partial charge in [0.05, 0.1) is 11.1 Å². The number of methoxy groups -OCH3 is 1. The number of likely N-dealkylation sites (tertiary alicyclic amines) is 1. The van der Waals surface area contributed by atoms with Crippen LogP contribution in [0.1, 0.15) is 23.3 Å². The fourth-order valence-electron chi connectivity index (χ4n) is 1.98. The Morgan fingerprint density at radius 1 is 1.47 bits per heavy atom. The molecule has 4 nitrogen and oxygen atoms in total. The predicted molar refractivity (Wildman–Crippen MR) is 66.7 cm³/mol. The number of amides is 1. The van der Waals surface area contributed by atoms with Gasteiger partial charge in [-0.15, -0.1) is 0 Å². The topological polar surface area (TPSA) is 45.3 Å². The van der Waals surface area contributed by atoms with Crippen molar-refractivity contribution in [1.82, 2.24) is 9.88 Å². The van der Waals surface area contributed by atoms with Gasteiger partial charge >= 0.3 is 0 Å². The van der Waals surface area contributed by atoms with Crippen molar-refractivity contribution in [2.75, 3.05) is 20.2 Å². The molecule has 1 aliphatic rings. The van der Waals surface area contributed by atoms with Crippen LogP contribution in [0.25, 0.3) is 0 Å². The maximum absolute atomic E-state index is 12.1. The molecule has 0 radical (unpaired) electrons. The molecule has 0 aromatic carbocycles. The first-order valence-corrected chi connectivity index (χ1v) is 6.23. The van der Waals surface area contributed by atoms with E-state index in [0.717, 1.165) is 12.8 Å². The number of halogens is 2. The highest BCUT2D eigenvalue weighted by atomic mass is 35.5. The lowest BCUT2D eigenvalue weighted by Gasteiger charge is -2.30. The molecule has 1 saturated heterocycles. The van der Waals surface area contributed by atoms with E-state index in [1.165, 1.54) is 0 Å². The molecule has 1 aliphatic heterocycles. The second kappa shape index (κ2) is 5.29. The van der Waals surface area contributed by atoms with Crippen molar-refractivity contribution in [3.8, 4) is 0 Å². The largest absolute Gasteiger partial charge is 0.381 e. The zero-order valence-corrected chi connectivity index (χ0v) is 11.0. The normalized spacial score (nSPS) is 17.5. The number of aromatic nitrogens is 1. The lowest BCUT2D eigenvalue weighted by Crippen LogP contribution is -2.40. The lowest BCUT2D eigenvalue weighted by molar-refractivity contribution is 0.0348. The Morgan fingerprint density at radius 2 is 2.12 bits per heavy atom. The van der Waals surface area contributed by atoms with E-state index in [9.17, 15) is 4.79 Å². The summed E-state index contributed by atoms with van der Waals surface area (Å²) in [5.41, 5.74) is 0.441. The number of rotatable bonds is 2. The summed E-state index contributed by atoms with van der Waals surface area (Å²) in [5.74, 6) is -0.0617. The number of hydrogen-bond acceptors (Lipinski definition) is 2. The molecular formula is C11H14Cl2N2O2. The van der Waals surface area contributed by atoms with Crippen LogP contribution in [-0.2, 0) is 4.74 Å². The van der Waals surface area contributed by atoms with Gasteiger partial charge in [0, 0.05) is 20.2 Å². The van der Waals surface area contributed by atoms with Crippen LogP contribution in [0.2, 0.25) is 10.2 Å². The Morgan fingerprint density at radius 3 is 2.59 bits per heavy atom. The van der Waals surface area contributed by atoms with Gasteiger partial charge in [0.25, 0.3) is 5.91 Å². The monoisotopic (exact) mass is 276 g/mol. The third-order valence-corrected chi connectivity index (χ3v) is 3.71. The zero-order valence-electron chi connectivity index (χ0n) is 9.50. The quantitative estimate of drug-likeness (QED) is 0.903. The first-order valence-electron chi connectivity index (χ1n) is 5.48. The van der Waals surface area contributed by atoms with Crippen LogP contribution in [0.5, 0.6) is 0 Å². The number of nitrogens with one attached hydrogen (secondary N) is 1. The molecule has 1 aromatic heterocycles. The average molecular weight is 277 g/mol. The van der Waals surface area contributed by atoms with E-state index in [4.69, 9.17) is 27.9 Å². The Labute approximate surface area is 110 Å². The minimum Gasteiger partial charge on any atom is -0.381 e. The third kappa shape index (κ3) is 2.76. The lowest BCUT2D eigenvalue weighted by atomic mass is 10.1. The Kier molecular flexibility index (Phi) is 3.97. The van der Waals surface area contributed by atoms with Crippen molar-refractivity contribution in [3.05, 3.63) is 21.9 Å². The minimum absolute atomic E-state index is 0.0617. The number of nitrogens with zero attached hydrogens (tertiary/aromatic N) is 1. The molecule has 17 heavy (non-hydrogen) atoms. The van der Waals surface area contributed by atoms with Crippen LogP contribution in [0.4, 0.5) is 0 Å². The summed E-state index contributed by atoms with van der Waals surface area (Å²) in [6, 6.07) is 1.56. The van der Waals surface area contributed by atoms with Crippen LogP contribution in [0.15, 0.2) is 6.07 Å². The molecule has 1 amide bonds. The minimum atomic E-state index is -0.0617. The van der Waals surface area contributed by atoms with Crippen LogP contribution >= 0.6 is 23.2 Å². The van der Waals surface area contributed by atoms with Crippen molar-refractivity contribution in [3.63, 3.8) is 0 Å². The number of H-pyrrole nitrogens is 1. The van der Waals surface area contributed by atoms with Gasteiger partial charge in [-0.05, 0) is 18.9 Å². The SMILES string of the molecule is COC1CCN(C(=O)c2cc(Cl)c(Cl)[nH]2)CC1. The molecule has 1 N–H and O–H groups in total. The molecular weight excluding hydrogens is 263 g/mol. The number of ether oxygens (including phenoxy) is 1. The first kappa shape index (κ1) is 12.7. The molecule has 2 rings (SSSR count). The molecule has 0 bridgehead atoms. The van der Waals surface area contributed by atoms with Crippen LogP contribution in [-0.4, -0.2) is 42.1 Å². The van der Waals surface area contributed by atoms with E-state index in [1.807, 2.05) is 0 Å². The maximum atomic E-state index is 12.1. The predicted octanol–water partition coefficient (Wildman–Crippen LogP) is 2.57. The van der Waals surface area contributed by atoms with Crippen molar-refractivity contribution < 1.29 is 9.53 Å². The van der Waals surface area contributed by atoms with Crippen LogP contribution in [0.3, 0.4) is 0 Å². The third-order valence-electron chi connectivity index (χ3n) is 3.02. The Hall–Kier alpha value is -0.710.